The number of aromatic amines is 1. The summed E-state index contributed by atoms with van der Waals surface area (Å²) in [6.45, 7) is 2.73. The Kier molecular flexibility index (Phi) is 7.48. The monoisotopic (exact) mass is 548 g/mol. The molecule has 39 heavy (non-hydrogen) atoms. The molecule has 0 unspecified atom stereocenters. The summed E-state index contributed by atoms with van der Waals surface area (Å²) < 4.78 is 27.1. The number of aliphatic carboxylic acids is 1. The highest BCUT2D eigenvalue weighted by Crippen LogP contribution is 2.22. The van der Waals surface area contributed by atoms with Gasteiger partial charge in [0.2, 0.25) is 16.0 Å². The molecule has 2 heterocycles. The first-order chi connectivity index (χ1) is 18.8. The number of carboxylic acid groups (broad SMARTS) is 1. The molecule has 0 radical (unpaired) electrons. The topological polar surface area (TPSA) is 148 Å². The molecule has 4 N–H and O–H groups in total. The third kappa shape index (κ3) is 6.02. The van der Waals surface area contributed by atoms with E-state index >= 15 is 0 Å². The highest BCUT2D eigenvalue weighted by molar-refractivity contribution is 7.89. The molecule has 5 rings (SSSR count). The van der Waals surface area contributed by atoms with Crippen LogP contribution in [0.5, 0.6) is 0 Å². The van der Waals surface area contributed by atoms with Crippen LogP contribution in [0.15, 0.2) is 83.8 Å². The van der Waals surface area contributed by atoms with Gasteiger partial charge < -0.3 is 25.2 Å². The lowest BCUT2D eigenvalue weighted by Gasteiger charge is -2.36. The van der Waals surface area contributed by atoms with Gasteiger partial charge >= 0.3 is 5.97 Å². The van der Waals surface area contributed by atoms with Crippen LogP contribution in [0.25, 0.3) is 11.0 Å². The predicted octanol–water partition coefficient (Wildman–Crippen LogP) is 2.05. The van der Waals surface area contributed by atoms with E-state index in [1.165, 1.54) is 24.3 Å². The van der Waals surface area contributed by atoms with Crippen molar-refractivity contribution in [1.29, 1.82) is 0 Å². The standard InChI is InChI=1S/C27H28N6O5S/c34-25(28-18-24(26(35)36)31-39(37,38)21-6-2-1-3-7-21)19-10-12-20(13-11-19)32-14-16-33(17-15-32)27-29-22-8-4-5-9-23(22)30-27/h1-13,24,31H,14-18H2,(H,28,34)(H,29,30)(H,35,36)/t24-/m0/s1. The van der Waals surface area contributed by atoms with E-state index in [9.17, 15) is 23.1 Å². The van der Waals surface area contributed by atoms with Crippen molar-refractivity contribution in [2.75, 3.05) is 42.5 Å². The van der Waals surface area contributed by atoms with E-state index in [1.54, 1.807) is 18.2 Å². The first-order valence-electron chi connectivity index (χ1n) is 12.4. The number of benzene rings is 3. The summed E-state index contributed by atoms with van der Waals surface area (Å²) in [6.07, 6.45) is 0. The number of amides is 1. The van der Waals surface area contributed by atoms with E-state index in [4.69, 9.17) is 0 Å². The lowest BCUT2D eigenvalue weighted by Crippen LogP contribution is -2.48. The van der Waals surface area contributed by atoms with Crippen molar-refractivity contribution < 1.29 is 23.1 Å². The molecule has 0 spiro atoms. The second-order valence-corrected chi connectivity index (χ2v) is 10.8. The molecule has 1 saturated heterocycles. The maximum atomic E-state index is 12.7. The number of nitrogens with one attached hydrogen (secondary N) is 3. The van der Waals surface area contributed by atoms with E-state index < -0.39 is 34.5 Å². The molecule has 11 nitrogen and oxygen atoms in total. The average Bonchev–Trinajstić information content (AvgIpc) is 3.40. The average molecular weight is 549 g/mol. The van der Waals surface area contributed by atoms with Gasteiger partial charge in [0.25, 0.3) is 5.91 Å². The number of fused-ring (bicyclic) bond motifs is 1. The van der Waals surface area contributed by atoms with Crippen LogP contribution in [-0.2, 0) is 14.8 Å². The molecule has 0 bridgehead atoms. The van der Waals surface area contributed by atoms with E-state index in [0.717, 1.165) is 48.8 Å². The Balaban J connectivity index is 1.15. The normalized spacial score (nSPS) is 14.8. The zero-order valence-corrected chi connectivity index (χ0v) is 21.8. The lowest BCUT2D eigenvalue weighted by atomic mass is 10.1. The van der Waals surface area contributed by atoms with Gasteiger partial charge in [-0.2, -0.15) is 4.72 Å². The predicted molar refractivity (Wildman–Crippen MR) is 147 cm³/mol. The summed E-state index contributed by atoms with van der Waals surface area (Å²) in [5.41, 5.74) is 3.25. The van der Waals surface area contributed by atoms with Gasteiger partial charge in [-0.25, -0.2) is 13.4 Å². The number of anilines is 2. The van der Waals surface area contributed by atoms with Gasteiger partial charge in [0.05, 0.1) is 15.9 Å². The quantitative estimate of drug-likeness (QED) is 0.248. The van der Waals surface area contributed by atoms with Crippen molar-refractivity contribution in [1.82, 2.24) is 20.0 Å². The van der Waals surface area contributed by atoms with Gasteiger partial charge in [-0.05, 0) is 48.5 Å². The van der Waals surface area contributed by atoms with Crippen LogP contribution < -0.4 is 19.8 Å². The molecular weight excluding hydrogens is 520 g/mol. The summed E-state index contributed by atoms with van der Waals surface area (Å²) in [4.78, 5) is 36.7. The van der Waals surface area contributed by atoms with Crippen molar-refractivity contribution in [3.05, 3.63) is 84.4 Å². The minimum absolute atomic E-state index is 0.0587. The molecule has 1 atom stereocenters. The molecule has 1 aromatic heterocycles. The zero-order valence-electron chi connectivity index (χ0n) is 20.9. The van der Waals surface area contributed by atoms with Gasteiger partial charge in [-0.1, -0.05) is 30.3 Å². The summed E-state index contributed by atoms with van der Waals surface area (Å²) in [7, 11) is -4.06. The zero-order chi connectivity index (χ0) is 27.4. The van der Waals surface area contributed by atoms with Crippen LogP contribution in [0.4, 0.5) is 11.6 Å². The fourth-order valence-electron chi connectivity index (χ4n) is 4.42. The fraction of sp³-hybridized carbons (Fsp3) is 0.222. The van der Waals surface area contributed by atoms with E-state index in [-0.39, 0.29) is 4.90 Å². The third-order valence-electron chi connectivity index (χ3n) is 6.57. The van der Waals surface area contributed by atoms with Gasteiger partial charge in [-0.3, -0.25) is 9.59 Å². The summed E-state index contributed by atoms with van der Waals surface area (Å²) in [5.74, 6) is -1.04. The molecule has 4 aromatic rings. The number of hydrogen-bond acceptors (Lipinski definition) is 7. The van der Waals surface area contributed by atoms with Crippen molar-refractivity contribution >= 4 is 44.6 Å². The van der Waals surface area contributed by atoms with E-state index in [1.807, 2.05) is 36.4 Å². The van der Waals surface area contributed by atoms with Crippen molar-refractivity contribution in [3.63, 3.8) is 0 Å². The maximum Gasteiger partial charge on any atom is 0.323 e. The first-order valence-corrected chi connectivity index (χ1v) is 13.9. The van der Waals surface area contributed by atoms with Crippen LogP contribution in [-0.4, -0.2) is 74.1 Å². The minimum Gasteiger partial charge on any atom is -0.480 e. The second-order valence-electron chi connectivity index (χ2n) is 9.13. The molecule has 202 valence electrons. The van der Waals surface area contributed by atoms with Crippen LogP contribution in [0.2, 0.25) is 0 Å². The largest absolute Gasteiger partial charge is 0.480 e. The molecule has 12 heteroatoms. The Morgan fingerprint density at radius 1 is 0.897 bits per heavy atom. The molecular formula is C27H28N6O5S. The number of nitrogens with zero attached hydrogens (tertiary/aromatic N) is 3. The van der Waals surface area contributed by atoms with Crippen molar-refractivity contribution in [3.8, 4) is 0 Å². The molecule has 1 amide bonds. The molecule has 3 aromatic carbocycles. The van der Waals surface area contributed by atoms with Gasteiger partial charge in [0.15, 0.2) is 0 Å². The number of hydrogen-bond donors (Lipinski definition) is 4. The van der Waals surface area contributed by atoms with Crippen LogP contribution >= 0.6 is 0 Å². The number of carboxylic acids is 1. The van der Waals surface area contributed by atoms with Gasteiger partial charge in [0.1, 0.15) is 6.04 Å². The molecule has 1 fully saturated rings. The number of aromatic nitrogens is 2. The van der Waals surface area contributed by atoms with Crippen LogP contribution in [0.3, 0.4) is 0 Å². The lowest BCUT2D eigenvalue weighted by molar-refractivity contribution is -0.138. The molecule has 1 aliphatic heterocycles. The Morgan fingerprint density at radius 2 is 1.54 bits per heavy atom. The molecule has 1 aliphatic rings. The number of piperazine rings is 1. The molecule has 0 saturated carbocycles. The van der Waals surface area contributed by atoms with Gasteiger partial charge in [-0.15, -0.1) is 0 Å². The summed E-state index contributed by atoms with van der Waals surface area (Å²) in [6, 6.07) is 20.9. The third-order valence-corrected chi connectivity index (χ3v) is 8.05. The van der Waals surface area contributed by atoms with Crippen LogP contribution in [0.1, 0.15) is 10.4 Å². The smallest absolute Gasteiger partial charge is 0.323 e. The fourth-order valence-corrected chi connectivity index (χ4v) is 5.63. The van der Waals surface area contributed by atoms with E-state index in [0.29, 0.717) is 5.56 Å². The second kappa shape index (κ2) is 11.1. The SMILES string of the molecule is O=C(NC[C@H](NS(=O)(=O)c1ccccc1)C(=O)O)c1ccc(N2CCN(c3nc4ccccc4[nH]3)CC2)cc1. The highest BCUT2D eigenvalue weighted by Gasteiger charge is 2.26. The Morgan fingerprint density at radius 3 is 2.21 bits per heavy atom. The highest BCUT2D eigenvalue weighted by atomic mass is 32.2. The van der Waals surface area contributed by atoms with Crippen molar-refractivity contribution in [2.45, 2.75) is 10.9 Å². The number of carbonyl (C=O) groups excluding carboxylic acids is 1. The number of para-hydroxylation sites is 2. The number of imidazole rings is 1. The number of carbonyl (C=O) groups is 2. The summed E-state index contributed by atoms with van der Waals surface area (Å²) >= 11 is 0. The number of rotatable bonds is 9. The summed E-state index contributed by atoms with van der Waals surface area (Å²) in [5, 5.41) is 12.0. The van der Waals surface area contributed by atoms with Crippen LogP contribution in [0, 0.1) is 0 Å². The maximum absolute atomic E-state index is 12.7. The van der Waals surface area contributed by atoms with E-state index in [2.05, 4.69) is 29.8 Å². The van der Waals surface area contributed by atoms with Crippen molar-refractivity contribution in [2.24, 2.45) is 0 Å². The Hall–Kier alpha value is -4.42. The first kappa shape index (κ1) is 26.2. The minimum atomic E-state index is -4.06. The van der Waals surface area contributed by atoms with Gasteiger partial charge in [0, 0.05) is 44.0 Å². The number of sulfonamides is 1. The number of H-pyrrole nitrogens is 1. The molecule has 0 aliphatic carbocycles. The Labute approximate surface area is 225 Å². The Bertz CT molecular complexity index is 1530.